The fraction of sp³-hybridized carbons (Fsp3) is 0. The molecule has 1 aromatic carbocycles. The van der Waals surface area contributed by atoms with Gasteiger partial charge in [-0.15, -0.1) is 0 Å². The van der Waals surface area contributed by atoms with Crippen molar-refractivity contribution in [2.75, 3.05) is 5.32 Å². The van der Waals surface area contributed by atoms with E-state index in [-0.39, 0.29) is 5.56 Å². The highest BCUT2D eigenvalue weighted by Gasteiger charge is 2.10. The lowest BCUT2D eigenvalue weighted by molar-refractivity contribution is 0.0698. The van der Waals surface area contributed by atoms with E-state index in [1.807, 2.05) is 12.1 Å². The van der Waals surface area contributed by atoms with E-state index in [4.69, 9.17) is 0 Å². The van der Waals surface area contributed by atoms with E-state index in [1.165, 1.54) is 6.07 Å². The third kappa shape index (κ3) is 2.90. The summed E-state index contributed by atoms with van der Waals surface area (Å²) >= 11 is 0. The summed E-state index contributed by atoms with van der Waals surface area (Å²) in [7, 11) is 0. The summed E-state index contributed by atoms with van der Waals surface area (Å²) in [6, 6.07) is 12.1. The number of aromatic nitrogens is 3. The summed E-state index contributed by atoms with van der Waals surface area (Å²) in [6.07, 6.45) is 5.01. The molecule has 0 aliphatic rings. The maximum atomic E-state index is 11.2. The number of aromatic carboxylic acids is 1. The van der Waals surface area contributed by atoms with E-state index in [1.54, 1.807) is 42.9 Å². The van der Waals surface area contributed by atoms with Crippen molar-refractivity contribution in [3.05, 3.63) is 66.6 Å². The van der Waals surface area contributed by atoms with Crippen LogP contribution in [0.2, 0.25) is 0 Å². The molecule has 0 fully saturated rings. The fourth-order valence-corrected chi connectivity index (χ4v) is 1.99. The SMILES string of the molecule is O=C(O)c1ccccc1Nc1nccc(-c2cccnc2)n1. The molecular weight excluding hydrogens is 280 g/mol. The first-order valence-corrected chi connectivity index (χ1v) is 6.57. The second kappa shape index (κ2) is 6.01. The second-order valence-electron chi connectivity index (χ2n) is 4.48. The van der Waals surface area contributed by atoms with Crippen LogP contribution in [0.15, 0.2) is 61.1 Å². The molecule has 0 saturated heterocycles. The van der Waals surface area contributed by atoms with Crippen LogP contribution in [-0.2, 0) is 0 Å². The number of pyridine rings is 1. The molecule has 0 aliphatic heterocycles. The minimum Gasteiger partial charge on any atom is -0.478 e. The van der Waals surface area contributed by atoms with Gasteiger partial charge in [-0.25, -0.2) is 14.8 Å². The van der Waals surface area contributed by atoms with Crippen LogP contribution in [0.4, 0.5) is 11.6 Å². The molecule has 0 atom stereocenters. The van der Waals surface area contributed by atoms with Crippen molar-refractivity contribution in [3.63, 3.8) is 0 Å². The molecule has 0 saturated carbocycles. The summed E-state index contributed by atoms with van der Waals surface area (Å²) in [5, 5.41) is 12.1. The summed E-state index contributed by atoms with van der Waals surface area (Å²) in [5.74, 6) is -0.679. The van der Waals surface area contributed by atoms with Crippen LogP contribution >= 0.6 is 0 Å². The number of hydrogen-bond donors (Lipinski definition) is 2. The standard InChI is InChI=1S/C16H12N4O2/c21-15(22)12-5-1-2-6-14(12)20-16-18-9-7-13(19-16)11-4-3-8-17-10-11/h1-10H,(H,21,22)(H,18,19,20). The quantitative estimate of drug-likeness (QED) is 0.768. The Kier molecular flexibility index (Phi) is 3.74. The number of hydrogen-bond acceptors (Lipinski definition) is 5. The van der Waals surface area contributed by atoms with Gasteiger partial charge in [0.15, 0.2) is 0 Å². The molecule has 6 heteroatoms. The van der Waals surface area contributed by atoms with Gasteiger partial charge in [0.05, 0.1) is 16.9 Å². The number of rotatable bonds is 4. The summed E-state index contributed by atoms with van der Waals surface area (Å²) in [4.78, 5) is 23.8. The molecule has 0 unspecified atom stereocenters. The van der Waals surface area contributed by atoms with E-state index in [9.17, 15) is 9.90 Å². The first-order chi connectivity index (χ1) is 10.7. The molecule has 3 aromatic rings. The Morgan fingerprint density at radius 3 is 2.68 bits per heavy atom. The van der Waals surface area contributed by atoms with Crippen LogP contribution in [0.3, 0.4) is 0 Å². The van der Waals surface area contributed by atoms with Crippen LogP contribution < -0.4 is 5.32 Å². The molecular formula is C16H12N4O2. The molecule has 0 amide bonds. The molecule has 22 heavy (non-hydrogen) atoms. The zero-order valence-electron chi connectivity index (χ0n) is 11.5. The third-order valence-electron chi connectivity index (χ3n) is 3.02. The molecule has 2 heterocycles. The van der Waals surface area contributed by atoms with Crippen LogP contribution in [-0.4, -0.2) is 26.0 Å². The Hall–Kier alpha value is -3.28. The number of anilines is 2. The van der Waals surface area contributed by atoms with Gasteiger partial charge in [-0.2, -0.15) is 0 Å². The Balaban J connectivity index is 1.93. The van der Waals surface area contributed by atoms with Crippen LogP contribution in [0.1, 0.15) is 10.4 Å². The predicted molar refractivity (Wildman–Crippen MR) is 81.9 cm³/mol. The van der Waals surface area contributed by atoms with Gasteiger partial charge in [-0.1, -0.05) is 12.1 Å². The summed E-state index contributed by atoms with van der Waals surface area (Å²) in [5.41, 5.74) is 2.18. The fourth-order valence-electron chi connectivity index (χ4n) is 1.99. The van der Waals surface area contributed by atoms with Gasteiger partial charge >= 0.3 is 5.97 Å². The highest BCUT2D eigenvalue weighted by Crippen LogP contribution is 2.21. The van der Waals surface area contributed by atoms with E-state index in [0.717, 1.165) is 5.56 Å². The number of nitrogens with one attached hydrogen (secondary N) is 1. The Morgan fingerprint density at radius 1 is 1.05 bits per heavy atom. The largest absolute Gasteiger partial charge is 0.478 e. The number of benzene rings is 1. The van der Waals surface area contributed by atoms with Gasteiger partial charge in [-0.05, 0) is 30.3 Å². The highest BCUT2D eigenvalue weighted by molar-refractivity contribution is 5.94. The van der Waals surface area contributed by atoms with Crippen molar-refractivity contribution >= 4 is 17.6 Å². The van der Waals surface area contributed by atoms with Crippen molar-refractivity contribution in [1.82, 2.24) is 15.0 Å². The normalized spacial score (nSPS) is 10.2. The molecule has 0 bridgehead atoms. The van der Waals surface area contributed by atoms with Gasteiger partial charge in [0.2, 0.25) is 5.95 Å². The molecule has 3 rings (SSSR count). The van der Waals surface area contributed by atoms with Gasteiger partial charge in [0.25, 0.3) is 0 Å². The average Bonchev–Trinajstić information content (AvgIpc) is 2.56. The van der Waals surface area contributed by atoms with Gasteiger partial charge in [0.1, 0.15) is 0 Å². The Bertz CT molecular complexity index is 806. The maximum Gasteiger partial charge on any atom is 0.337 e. The van der Waals surface area contributed by atoms with E-state index in [2.05, 4.69) is 20.3 Å². The lowest BCUT2D eigenvalue weighted by Gasteiger charge is -2.08. The van der Waals surface area contributed by atoms with Crippen molar-refractivity contribution in [3.8, 4) is 11.3 Å². The zero-order chi connectivity index (χ0) is 15.4. The number of carboxylic acids is 1. The summed E-state index contributed by atoms with van der Waals surface area (Å²) in [6.45, 7) is 0. The monoisotopic (exact) mass is 292 g/mol. The Labute approximate surface area is 126 Å². The minimum absolute atomic E-state index is 0.165. The van der Waals surface area contributed by atoms with Gasteiger partial charge < -0.3 is 10.4 Å². The number of nitrogens with zero attached hydrogens (tertiary/aromatic N) is 3. The van der Waals surface area contributed by atoms with Crippen LogP contribution in [0.5, 0.6) is 0 Å². The smallest absolute Gasteiger partial charge is 0.337 e. The lowest BCUT2D eigenvalue weighted by Crippen LogP contribution is -2.04. The van der Waals surface area contributed by atoms with Crippen molar-refractivity contribution in [1.29, 1.82) is 0 Å². The number of para-hydroxylation sites is 1. The van der Waals surface area contributed by atoms with Gasteiger partial charge in [0, 0.05) is 24.2 Å². The molecule has 108 valence electrons. The molecule has 0 spiro atoms. The molecule has 2 aromatic heterocycles. The topological polar surface area (TPSA) is 88.0 Å². The maximum absolute atomic E-state index is 11.2. The average molecular weight is 292 g/mol. The molecule has 6 nitrogen and oxygen atoms in total. The third-order valence-corrected chi connectivity index (χ3v) is 3.02. The number of carboxylic acid groups (broad SMARTS) is 1. The summed E-state index contributed by atoms with van der Waals surface area (Å²) < 4.78 is 0. The van der Waals surface area contributed by atoms with Crippen LogP contribution in [0, 0.1) is 0 Å². The lowest BCUT2D eigenvalue weighted by atomic mass is 10.2. The van der Waals surface area contributed by atoms with Gasteiger partial charge in [-0.3, -0.25) is 4.98 Å². The Morgan fingerprint density at radius 2 is 1.91 bits per heavy atom. The van der Waals surface area contributed by atoms with Crippen LogP contribution in [0.25, 0.3) is 11.3 Å². The van der Waals surface area contributed by atoms with E-state index in [0.29, 0.717) is 17.3 Å². The number of carbonyl (C=O) groups is 1. The minimum atomic E-state index is -1.01. The zero-order valence-corrected chi connectivity index (χ0v) is 11.5. The molecule has 2 N–H and O–H groups in total. The van der Waals surface area contributed by atoms with E-state index >= 15 is 0 Å². The first kappa shape index (κ1) is 13.7. The van der Waals surface area contributed by atoms with Crippen molar-refractivity contribution in [2.45, 2.75) is 0 Å². The van der Waals surface area contributed by atoms with Crippen molar-refractivity contribution in [2.24, 2.45) is 0 Å². The molecule has 0 radical (unpaired) electrons. The predicted octanol–water partition coefficient (Wildman–Crippen LogP) is 2.98. The second-order valence-corrected chi connectivity index (χ2v) is 4.48. The highest BCUT2D eigenvalue weighted by atomic mass is 16.4. The first-order valence-electron chi connectivity index (χ1n) is 6.57. The van der Waals surface area contributed by atoms with E-state index < -0.39 is 5.97 Å². The van der Waals surface area contributed by atoms with Crippen molar-refractivity contribution < 1.29 is 9.90 Å². The molecule has 0 aliphatic carbocycles.